The van der Waals surface area contributed by atoms with Crippen molar-refractivity contribution in [3.63, 3.8) is 0 Å². The molecular formula is C9H18N2O. The molecule has 0 bridgehead atoms. The fraction of sp³-hybridized carbons (Fsp3) is 0.889. The van der Waals surface area contributed by atoms with Crippen molar-refractivity contribution in [3.05, 3.63) is 0 Å². The van der Waals surface area contributed by atoms with E-state index in [0.29, 0.717) is 6.04 Å². The number of hydrazine groups is 1. The minimum absolute atomic E-state index is 0.0513. The Morgan fingerprint density at radius 3 is 2.92 bits per heavy atom. The van der Waals surface area contributed by atoms with Crippen LogP contribution in [0.1, 0.15) is 39.5 Å². The molecule has 0 aromatic carbocycles. The molecule has 1 saturated heterocycles. The molecule has 3 nitrogen and oxygen atoms in total. The summed E-state index contributed by atoms with van der Waals surface area (Å²) in [5, 5.41) is 2.09. The molecule has 1 aliphatic rings. The van der Waals surface area contributed by atoms with Gasteiger partial charge in [-0.3, -0.25) is 10.2 Å². The normalized spacial score (nSPS) is 25.3. The molecular weight excluding hydrogens is 152 g/mol. The van der Waals surface area contributed by atoms with Crippen LogP contribution in [0, 0.1) is 0 Å². The number of hydrogen-bond donors (Lipinski definition) is 1. The maximum absolute atomic E-state index is 10.8. The quantitative estimate of drug-likeness (QED) is 0.677. The highest BCUT2D eigenvalue weighted by atomic mass is 16.2. The van der Waals surface area contributed by atoms with E-state index in [1.54, 1.807) is 6.92 Å². The van der Waals surface area contributed by atoms with Crippen LogP contribution < -0.4 is 5.43 Å². The highest BCUT2D eigenvalue weighted by Gasteiger charge is 2.20. The number of carbonyl (C=O) groups excluding carboxylic acids is 1. The third-order valence-electron chi connectivity index (χ3n) is 2.40. The Hall–Kier alpha value is -0.570. The van der Waals surface area contributed by atoms with E-state index in [4.69, 9.17) is 0 Å². The van der Waals surface area contributed by atoms with Gasteiger partial charge in [0.05, 0.1) is 0 Å². The molecule has 0 radical (unpaired) electrons. The monoisotopic (exact) mass is 170 g/mol. The highest BCUT2D eigenvalue weighted by Crippen LogP contribution is 2.16. The fourth-order valence-corrected chi connectivity index (χ4v) is 1.77. The van der Waals surface area contributed by atoms with E-state index in [2.05, 4.69) is 17.4 Å². The highest BCUT2D eigenvalue weighted by molar-refractivity contribution is 5.72. The summed E-state index contributed by atoms with van der Waals surface area (Å²) in [6.07, 6.45) is 4.85. The summed E-state index contributed by atoms with van der Waals surface area (Å²) in [5.74, 6) is 0.0513. The van der Waals surface area contributed by atoms with Crippen molar-refractivity contribution in [2.75, 3.05) is 6.54 Å². The molecule has 0 saturated carbocycles. The number of piperidine rings is 1. The van der Waals surface area contributed by atoms with E-state index in [0.717, 1.165) is 13.0 Å². The lowest BCUT2D eigenvalue weighted by Crippen LogP contribution is -2.49. The van der Waals surface area contributed by atoms with E-state index in [1.807, 2.05) is 0 Å². The van der Waals surface area contributed by atoms with Crippen LogP contribution >= 0.6 is 0 Å². The molecule has 1 amide bonds. The van der Waals surface area contributed by atoms with Gasteiger partial charge in [0.25, 0.3) is 0 Å². The van der Waals surface area contributed by atoms with Gasteiger partial charge in [-0.25, -0.2) is 5.01 Å². The third kappa shape index (κ3) is 2.48. The van der Waals surface area contributed by atoms with Crippen molar-refractivity contribution in [2.45, 2.75) is 45.6 Å². The van der Waals surface area contributed by atoms with Crippen molar-refractivity contribution < 1.29 is 4.79 Å². The maximum atomic E-state index is 10.8. The minimum Gasteiger partial charge on any atom is -0.289 e. The van der Waals surface area contributed by atoms with Gasteiger partial charge in [-0.1, -0.05) is 13.3 Å². The van der Waals surface area contributed by atoms with Crippen LogP contribution in [0.5, 0.6) is 0 Å². The topological polar surface area (TPSA) is 32.3 Å². The number of rotatable bonds is 2. The first-order valence-electron chi connectivity index (χ1n) is 4.78. The molecule has 1 fully saturated rings. The molecule has 12 heavy (non-hydrogen) atoms. The summed E-state index contributed by atoms with van der Waals surface area (Å²) >= 11 is 0. The molecule has 0 aromatic heterocycles. The molecule has 0 spiro atoms. The first-order chi connectivity index (χ1) is 5.74. The predicted molar refractivity (Wildman–Crippen MR) is 48.5 cm³/mol. The number of hydrogen-bond acceptors (Lipinski definition) is 2. The van der Waals surface area contributed by atoms with Gasteiger partial charge in [-0.2, -0.15) is 0 Å². The first kappa shape index (κ1) is 9.52. The van der Waals surface area contributed by atoms with Crippen LogP contribution in [0.3, 0.4) is 0 Å². The first-order valence-corrected chi connectivity index (χ1v) is 4.78. The maximum Gasteiger partial charge on any atom is 0.231 e. The van der Waals surface area contributed by atoms with Crippen LogP contribution in [0.4, 0.5) is 0 Å². The number of nitrogens with one attached hydrogen (secondary N) is 1. The molecule has 0 aromatic rings. The second kappa shape index (κ2) is 4.45. The largest absolute Gasteiger partial charge is 0.289 e. The van der Waals surface area contributed by atoms with E-state index in [9.17, 15) is 4.79 Å². The fourth-order valence-electron chi connectivity index (χ4n) is 1.77. The second-order valence-corrected chi connectivity index (χ2v) is 3.42. The Balaban J connectivity index is 2.41. The van der Waals surface area contributed by atoms with Gasteiger partial charge in [-0.15, -0.1) is 0 Å². The van der Waals surface area contributed by atoms with E-state index in [-0.39, 0.29) is 5.91 Å². The van der Waals surface area contributed by atoms with Crippen LogP contribution in [-0.4, -0.2) is 23.5 Å². The Morgan fingerprint density at radius 2 is 2.33 bits per heavy atom. The molecule has 1 aliphatic heterocycles. The molecule has 3 heteroatoms. The summed E-state index contributed by atoms with van der Waals surface area (Å²) in [5.41, 5.74) is 2.88. The summed E-state index contributed by atoms with van der Waals surface area (Å²) in [7, 11) is 0. The zero-order valence-electron chi connectivity index (χ0n) is 7.97. The number of nitrogens with zero attached hydrogens (tertiary/aromatic N) is 1. The lowest BCUT2D eigenvalue weighted by atomic mass is 10.0. The third-order valence-corrected chi connectivity index (χ3v) is 2.40. The lowest BCUT2D eigenvalue weighted by molar-refractivity contribution is -0.125. The van der Waals surface area contributed by atoms with Gasteiger partial charge < -0.3 is 0 Å². The Morgan fingerprint density at radius 1 is 1.58 bits per heavy atom. The smallest absolute Gasteiger partial charge is 0.231 e. The second-order valence-electron chi connectivity index (χ2n) is 3.42. The van der Waals surface area contributed by atoms with Crippen LogP contribution in [0.15, 0.2) is 0 Å². The van der Waals surface area contributed by atoms with E-state index >= 15 is 0 Å². The summed E-state index contributed by atoms with van der Waals surface area (Å²) in [4.78, 5) is 10.8. The molecule has 0 aliphatic carbocycles. The number of carbonyl (C=O) groups is 1. The van der Waals surface area contributed by atoms with Gasteiger partial charge >= 0.3 is 0 Å². The molecule has 1 rings (SSSR count). The SMILES string of the molecule is CCC1CCCCN1NC(C)=O. The average Bonchev–Trinajstić information content (AvgIpc) is 2.04. The van der Waals surface area contributed by atoms with Crippen molar-refractivity contribution in [2.24, 2.45) is 0 Å². The Labute approximate surface area is 74.1 Å². The standard InChI is InChI=1S/C9H18N2O/c1-3-9-6-4-5-7-11(9)10-8(2)12/h9H,3-7H2,1-2H3,(H,10,12). The average molecular weight is 170 g/mol. The van der Waals surface area contributed by atoms with Gasteiger partial charge in [0.2, 0.25) is 5.91 Å². The van der Waals surface area contributed by atoms with Crippen LogP contribution in [0.25, 0.3) is 0 Å². The number of amides is 1. The van der Waals surface area contributed by atoms with Crippen LogP contribution in [0.2, 0.25) is 0 Å². The zero-order valence-corrected chi connectivity index (χ0v) is 7.97. The van der Waals surface area contributed by atoms with Gasteiger partial charge in [0, 0.05) is 19.5 Å². The van der Waals surface area contributed by atoms with Gasteiger partial charge in [-0.05, 0) is 19.3 Å². The molecule has 1 atom stereocenters. The Bertz CT molecular complexity index is 159. The van der Waals surface area contributed by atoms with Gasteiger partial charge in [0.15, 0.2) is 0 Å². The van der Waals surface area contributed by atoms with Crippen molar-refractivity contribution in [1.82, 2.24) is 10.4 Å². The summed E-state index contributed by atoms with van der Waals surface area (Å²) in [6, 6.07) is 0.558. The van der Waals surface area contributed by atoms with Crippen LogP contribution in [-0.2, 0) is 4.79 Å². The zero-order chi connectivity index (χ0) is 8.97. The predicted octanol–water partition coefficient (Wildman–Crippen LogP) is 1.30. The molecule has 1 unspecified atom stereocenters. The van der Waals surface area contributed by atoms with Crippen molar-refractivity contribution in [3.8, 4) is 0 Å². The van der Waals surface area contributed by atoms with Crippen molar-refractivity contribution >= 4 is 5.91 Å². The molecule has 1 N–H and O–H groups in total. The van der Waals surface area contributed by atoms with E-state index < -0.39 is 0 Å². The summed E-state index contributed by atoms with van der Waals surface area (Å²) in [6.45, 7) is 4.75. The molecule has 1 heterocycles. The van der Waals surface area contributed by atoms with Gasteiger partial charge in [0.1, 0.15) is 0 Å². The lowest BCUT2D eigenvalue weighted by Gasteiger charge is -2.34. The van der Waals surface area contributed by atoms with E-state index in [1.165, 1.54) is 19.3 Å². The van der Waals surface area contributed by atoms with Crippen molar-refractivity contribution in [1.29, 1.82) is 0 Å². The Kier molecular flexibility index (Phi) is 3.53. The molecule has 70 valence electrons. The summed E-state index contributed by atoms with van der Waals surface area (Å²) < 4.78 is 0. The minimum atomic E-state index is 0.0513.